The van der Waals surface area contributed by atoms with E-state index in [1.807, 2.05) is 0 Å². The lowest BCUT2D eigenvalue weighted by Gasteiger charge is -2.24. The average molecular weight is 154 g/mol. The minimum absolute atomic E-state index is 0.332. The van der Waals surface area contributed by atoms with E-state index in [-0.39, 0.29) is 0 Å². The van der Waals surface area contributed by atoms with Crippen LogP contribution >= 0.6 is 0 Å². The second-order valence-corrected chi connectivity index (χ2v) is 3.17. The SMILES string of the molecule is CCC1=CC2CCOCC2O1. The van der Waals surface area contributed by atoms with Crippen LogP contribution in [0, 0.1) is 5.92 Å². The maximum absolute atomic E-state index is 5.65. The van der Waals surface area contributed by atoms with Crippen molar-refractivity contribution in [2.24, 2.45) is 5.92 Å². The first-order valence-electron chi connectivity index (χ1n) is 4.35. The largest absolute Gasteiger partial charge is 0.492 e. The molecule has 0 N–H and O–H groups in total. The van der Waals surface area contributed by atoms with Crippen molar-refractivity contribution in [3.63, 3.8) is 0 Å². The molecule has 0 spiro atoms. The molecule has 0 aromatic rings. The molecule has 2 aliphatic rings. The minimum Gasteiger partial charge on any atom is -0.492 e. The first kappa shape index (κ1) is 7.17. The first-order chi connectivity index (χ1) is 5.40. The van der Waals surface area contributed by atoms with Gasteiger partial charge in [-0.15, -0.1) is 0 Å². The highest BCUT2D eigenvalue weighted by atomic mass is 16.5. The van der Waals surface area contributed by atoms with Crippen molar-refractivity contribution in [2.45, 2.75) is 25.9 Å². The Balaban J connectivity index is 2.02. The fraction of sp³-hybridized carbons (Fsp3) is 0.778. The summed E-state index contributed by atoms with van der Waals surface area (Å²) in [5.74, 6) is 1.80. The Bertz CT molecular complexity index is 174. The van der Waals surface area contributed by atoms with Crippen LogP contribution in [0.15, 0.2) is 11.8 Å². The second kappa shape index (κ2) is 2.86. The van der Waals surface area contributed by atoms with Crippen molar-refractivity contribution < 1.29 is 9.47 Å². The van der Waals surface area contributed by atoms with E-state index in [0.29, 0.717) is 12.0 Å². The Hall–Kier alpha value is -0.500. The van der Waals surface area contributed by atoms with E-state index < -0.39 is 0 Å². The van der Waals surface area contributed by atoms with Gasteiger partial charge in [0.15, 0.2) is 0 Å². The molecular weight excluding hydrogens is 140 g/mol. The molecule has 0 aromatic heterocycles. The summed E-state index contributed by atoms with van der Waals surface area (Å²) in [5, 5.41) is 0. The van der Waals surface area contributed by atoms with E-state index in [0.717, 1.165) is 31.8 Å². The summed E-state index contributed by atoms with van der Waals surface area (Å²) in [7, 11) is 0. The van der Waals surface area contributed by atoms with Crippen LogP contribution in [0.3, 0.4) is 0 Å². The molecule has 11 heavy (non-hydrogen) atoms. The van der Waals surface area contributed by atoms with Crippen molar-refractivity contribution in [1.82, 2.24) is 0 Å². The molecule has 2 heteroatoms. The standard InChI is InChI=1S/C9H14O2/c1-2-8-5-7-3-4-10-6-9(7)11-8/h5,7,9H,2-4,6H2,1H3. The van der Waals surface area contributed by atoms with Crippen molar-refractivity contribution in [2.75, 3.05) is 13.2 Å². The van der Waals surface area contributed by atoms with Crippen molar-refractivity contribution in [1.29, 1.82) is 0 Å². The second-order valence-electron chi connectivity index (χ2n) is 3.17. The highest BCUT2D eigenvalue weighted by Gasteiger charge is 2.31. The van der Waals surface area contributed by atoms with Gasteiger partial charge in [0.1, 0.15) is 6.10 Å². The lowest BCUT2D eigenvalue weighted by atomic mass is 9.99. The summed E-state index contributed by atoms with van der Waals surface area (Å²) in [6.07, 6.45) is 4.76. The summed E-state index contributed by atoms with van der Waals surface area (Å²) < 4.78 is 11.0. The van der Waals surface area contributed by atoms with E-state index in [1.54, 1.807) is 0 Å². The van der Waals surface area contributed by atoms with Gasteiger partial charge in [-0.05, 0) is 12.5 Å². The molecular formula is C9H14O2. The lowest BCUT2D eigenvalue weighted by Crippen LogP contribution is -2.29. The molecule has 1 fully saturated rings. The number of allylic oxidation sites excluding steroid dienone is 1. The topological polar surface area (TPSA) is 18.5 Å². The maximum Gasteiger partial charge on any atom is 0.128 e. The Morgan fingerprint density at radius 3 is 3.27 bits per heavy atom. The van der Waals surface area contributed by atoms with Crippen LogP contribution in [-0.2, 0) is 9.47 Å². The molecule has 62 valence electrons. The van der Waals surface area contributed by atoms with Gasteiger partial charge >= 0.3 is 0 Å². The van der Waals surface area contributed by atoms with Crippen LogP contribution < -0.4 is 0 Å². The Morgan fingerprint density at radius 2 is 2.55 bits per heavy atom. The van der Waals surface area contributed by atoms with E-state index in [4.69, 9.17) is 9.47 Å². The third kappa shape index (κ3) is 1.27. The molecule has 2 rings (SSSR count). The molecule has 0 amide bonds. The highest BCUT2D eigenvalue weighted by Crippen LogP contribution is 2.30. The van der Waals surface area contributed by atoms with E-state index in [1.165, 1.54) is 0 Å². The molecule has 0 aliphatic carbocycles. The smallest absolute Gasteiger partial charge is 0.128 e. The highest BCUT2D eigenvalue weighted by molar-refractivity contribution is 5.06. The first-order valence-corrected chi connectivity index (χ1v) is 4.35. The van der Waals surface area contributed by atoms with Gasteiger partial charge in [0.2, 0.25) is 0 Å². The summed E-state index contributed by atoms with van der Waals surface area (Å²) in [5.41, 5.74) is 0. The summed E-state index contributed by atoms with van der Waals surface area (Å²) in [6.45, 7) is 3.81. The Morgan fingerprint density at radius 1 is 1.64 bits per heavy atom. The van der Waals surface area contributed by atoms with Gasteiger partial charge in [0.25, 0.3) is 0 Å². The predicted octanol–water partition coefficient (Wildman–Crippen LogP) is 1.72. The molecule has 0 radical (unpaired) electrons. The summed E-state index contributed by atoms with van der Waals surface area (Å²) >= 11 is 0. The van der Waals surface area contributed by atoms with Gasteiger partial charge in [-0.1, -0.05) is 6.92 Å². The van der Waals surface area contributed by atoms with E-state index in [9.17, 15) is 0 Å². The summed E-state index contributed by atoms with van der Waals surface area (Å²) in [6, 6.07) is 0. The lowest BCUT2D eigenvalue weighted by molar-refractivity contribution is -0.0298. The fourth-order valence-electron chi connectivity index (χ4n) is 1.71. The molecule has 2 heterocycles. The molecule has 0 aromatic carbocycles. The van der Waals surface area contributed by atoms with Gasteiger partial charge in [0.05, 0.1) is 12.4 Å². The van der Waals surface area contributed by atoms with Crippen LogP contribution in [0.2, 0.25) is 0 Å². The van der Waals surface area contributed by atoms with Crippen molar-refractivity contribution in [3.8, 4) is 0 Å². The molecule has 0 bridgehead atoms. The summed E-state index contributed by atoms with van der Waals surface area (Å²) in [4.78, 5) is 0. The quantitative estimate of drug-likeness (QED) is 0.572. The van der Waals surface area contributed by atoms with Gasteiger partial charge in [-0.2, -0.15) is 0 Å². The number of rotatable bonds is 1. The van der Waals surface area contributed by atoms with Gasteiger partial charge in [-0.25, -0.2) is 0 Å². The molecule has 2 nitrogen and oxygen atoms in total. The maximum atomic E-state index is 5.65. The average Bonchev–Trinajstić information content (AvgIpc) is 2.46. The van der Waals surface area contributed by atoms with Crippen molar-refractivity contribution in [3.05, 3.63) is 11.8 Å². The third-order valence-corrected chi connectivity index (χ3v) is 2.41. The molecule has 1 saturated heterocycles. The number of hydrogen-bond donors (Lipinski definition) is 0. The van der Waals surface area contributed by atoms with Gasteiger partial charge < -0.3 is 9.47 Å². The van der Waals surface area contributed by atoms with Crippen LogP contribution in [-0.4, -0.2) is 19.3 Å². The molecule has 2 unspecified atom stereocenters. The predicted molar refractivity (Wildman–Crippen MR) is 42.2 cm³/mol. The monoisotopic (exact) mass is 154 g/mol. The normalized spacial score (nSPS) is 35.9. The van der Waals surface area contributed by atoms with Gasteiger partial charge in [-0.3, -0.25) is 0 Å². The van der Waals surface area contributed by atoms with Crippen LogP contribution in [0.5, 0.6) is 0 Å². The van der Waals surface area contributed by atoms with Gasteiger partial charge in [0, 0.05) is 18.9 Å². The Kier molecular flexibility index (Phi) is 1.86. The van der Waals surface area contributed by atoms with E-state index in [2.05, 4.69) is 13.0 Å². The van der Waals surface area contributed by atoms with Crippen molar-refractivity contribution >= 4 is 0 Å². The van der Waals surface area contributed by atoms with Crippen LogP contribution in [0.1, 0.15) is 19.8 Å². The Labute approximate surface area is 67.2 Å². The third-order valence-electron chi connectivity index (χ3n) is 2.41. The molecule has 2 atom stereocenters. The number of fused-ring (bicyclic) bond motifs is 1. The number of ether oxygens (including phenoxy) is 2. The van der Waals surface area contributed by atoms with Crippen LogP contribution in [0.4, 0.5) is 0 Å². The van der Waals surface area contributed by atoms with E-state index >= 15 is 0 Å². The zero-order valence-corrected chi connectivity index (χ0v) is 6.88. The van der Waals surface area contributed by atoms with Crippen LogP contribution in [0.25, 0.3) is 0 Å². The molecule has 0 saturated carbocycles. The fourth-order valence-corrected chi connectivity index (χ4v) is 1.71. The number of hydrogen-bond acceptors (Lipinski definition) is 2. The zero-order valence-electron chi connectivity index (χ0n) is 6.88. The minimum atomic E-state index is 0.332. The molecule has 2 aliphatic heterocycles. The zero-order chi connectivity index (χ0) is 7.68.